The van der Waals surface area contributed by atoms with Gasteiger partial charge in [-0.3, -0.25) is 0 Å². The van der Waals surface area contributed by atoms with E-state index in [9.17, 15) is 35.1 Å². The first-order chi connectivity index (χ1) is 15.0. The Kier molecular flexibility index (Phi) is 7.25. The van der Waals surface area contributed by atoms with Gasteiger partial charge in [0.1, 0.15) is 11.5 Å². The van der Waals surface area contributed by atoms with Crippen LogP contribution in [0.1, 0.15) is 25.0 Å². The van der Waals surface area contributed by atoms with Crippen molar-refractivity contribution in [1.82, 2.24) is 0 Å². The van der Waals surface area contributed by atoms with Crippen molar-refractivity contribution in [2.75, 3.05) is 13.1 Å². The predicted octanol–water partition coefficient (Wildman–Crippen LogP) is 5.14. The van der Waals surface area contributed by atoms with Crippen LogP contribution in [0.25, 0.3) is 0 Å². The molecule has 0 aliphatic heterocycles. The van der Waals surface area contributed by atoms with E-state index in [0.29, 0.717) is 11.1 Å². The molecule has 2 rings (SSSR count). The maximum atomic E-state index is 13.6. The molecule has 0 spiro atoms. The molecule has 0 aliphatic rings. The molecule has 0 saturated carbocycles. The summed E-state index contributed by atoms with van der Waals surface area (Å²) < 4.78 is 115. The maximum Gasteiger partial charge on any atom is 0.465 e. The summed E-state index contributed by atoms with van der Waals surface area (Å²) in [4.78, 5) is 0. The van der Waals surface area contributed by atoms with E-state index < -0.39 is 54.1 Å². The lowest BCUT2D eigenvalue weighted by Crippen LogP contribution is -2.50. The molecule has 0 bridgehead atoms. The zero-order valence-electron chi connectivity index (χ0n) is 17.5. The molecule has 0 unspecified atom stereocenters. The van der Waals surface area contributed by atoms with E-state index in [0.717, 1.165) is 24.3 Å². The van der Waals surface area contributed by atoms with Crippen LogP contribution in [-0.2, 0) is 5.41 Å². The summed E-state index contributed by atoms with van der Waals surface area (Å²) in [5, 5.41) is 0. The topological polar surface area (TPSA) is 70.5 Å². The molecule has 33 heavy (non-hydrogen) atoms. The Labute approximate surface area is 184 Å². The van der Waals surface area contributed by atoms with Gasteiger partial charge in [-0.05, 0) is 35.4 Å². The standard InChI is InChI=1S/C21H22F8N2O2/c1-17(2,13-3-7-15(8-4-13)32-20(26,27)18(22,23)11-30)14-5-9-16(10-6-14)33-21(28,29)19(24,25)12-31/h3-10H,11-12,30-31H2,1-2H3. The smallest absolute Gasteiger partial charge is 0.428 e. The lowest BCUT2D eigenvalue weighted by Gasteiger charge is -2.28. The van der Waals surface area contributed by atoms with Crippen LogP contribution in [0.3, 0.4) is 0 Å². The molecule has 2 aromatic rings. The monoisotopic (exact) mass is 486 g/mol. The van der Waals surface area contributed by atoms with E-state index in [2.05, 4.69) is 20.9 Å². The normalized spacial score (nSPS) is 13.7. The van der Waals surface area contributed by atoms with Crippen molar-refractivity contribution in [1.29, 1.82) is 0 Å². The molecule has 4 N–H and O–H groups in total. The van der Waals surface area contributed by atoms with Crippen LogP contribution in [0, 0.1) is 0 Å². The number of ether oxygens (including phenoxy) is 2. The molecule has 0 aliphatic carbocycles. The number of alkyl halides is 8. The molecule has 0 fully saturated rings. The van der Waals surface area contributed by atoms with Crippen LogP contribution >= 0.6 is 0 Å². The van der Waals surface area contributed by atoms with Gasteiger partial charge in [-0.1, -0.05) is 38.1 Å². The largest absolute Gasteiger partial charge is 0.465 e. The Bertz CT molecular complexity index is 857. The van der Waals surface area contributed by atoms with E-state index in [1.165, 1.54) is 24.3 Å². The van der Waals surface area contributed by atoms with Crippen LogP contribution in [0.15, 0.2) is 48.5 Å². The van der Waals surface area contributed by atoms with Crippen LogP contribution in [0.4, 0.5) is 35.1 Å². The van der Waals surface area contributed by atoms with Crippen molar-refractivity contribution in [3.8, 4) is 11.5 Å². The minimum Gasteiger partial charge on any atom is -0.428 e. The average Bonchev–Trinajstić information content (AvgIpc) is 2.73. The minimum atomic E-state index is -4.82. The highest BCUT2D eigenvalue weighted by Crippen LogP contribution is 2.39. The lowest BCUT2D eigenvalue weighted by atomic mass is 9.78. The fraction of sp³-hybridized carbons (Fsp3) is 0.429. The fourth-order valence-corrected chi connectivity index (χ4v) is 2.73. The number of rotatable bonds is 10. The molecular formula is C21H22F8N2O2. The van der Waals surface area contributed by atoms with Gasteiger partial charge in [0.05, 0.1) is 13.1 Å². The van der Waals surface area contributed by atoms with Crippen molar-refractivity contribution in [2.24, 2.45) is 11.5 Å². The summed E-state index contributed by atoms with van der Waals surface area (Å²) in [6.45, 7) is 0.182. The predicted molar refractivity (Wildman–Crippen MR) is 104 cm³/mol. The van der Waals surface area contributed by atoms with E-state index in [1.54, 1.807) is 13.8 Å². The number of benzene rings is 2. The first-order valence-electron chi connectivity index (χ1n) is 9.49. The summed E-state index contributed by atoms with van der Waals surface area (Å²) in [5.41, 5.74) is 9.54. The molecule has 12 heteroatoms. The number of hydrogen-bond donors (Lipinski definition) is 2. The second-order valence-corrected chi connectivity index (χ2v) is 7.73. The molecule has 0 saturated heterocycles. The van der Waals surface area contributed by atoms with Crippen molar-refractivity contribution in [3.05, 3.63) is 59.7 Å². The fourth-order valence-electron chi connectivity index (χ4n) is 2.73. The second kappa shape index (κ2) is 8.98. The number of nitrogens with two attached hydrogens (primary N) is 2. The third-order valence-corrected chi connectivity index (χ3v) is 5.01. The number of hydrogen-bond acceptors (Lipinski definition) is 4. The molecule has 0 aromatic heterocycles. The first-order valence-corrected chi connectivity index (χ1v) is 9.49. The summed E-state index contributed by atoms with van der Waals surface area (Å²) in [6, 6.07) is 9.65. The van der Waals surface area contributed by atoms with E-state index in [-0.39, 0.29) is 0 Å². The molecule has 0 atom stereocenters. The summed E-state index contributed by atoms with van der Waals surface area (Å²) in [6.07, 6.45) is -9.64. The highest BCUT2D eigenvalue weighted by molar-refractivity contribution is 5.42. The average molecular weight is 486 g/mol. The highest BCUT2D eigenvalue weighted by Gasteiger charge is 2.59. The quantitative estimate of drug-likeness (QED) is 0.456. The highest BCUT2D eigenvalue weighted by atomic mass is 19.3. The van der Waals surface area contributed by atoms with Gasteiger partial charge in [-0.25, -0.2) is 0 Å². The first kappa shape index (κ1) is 26.7. The Balaban J connectivity index is 2.20. The Morgan fingerprint density at radius 1 is 0.576 bits per heavy atom. The maximum absolute atomic E-state index is 13.6. The Hall–Kier alpha value is -2.60. The summed E-state index contributed by atoms with van der Waals surface area (Å²) in [7, 11) is 0. The minimum absolute atomic E-state index is 0.525. The lowest BCUT2D eigenvalue weighted by molar-refractivity contribution is -0.304. The van der Waals surface area contributed by atoms with Gasteiger partial charge >= 0.3 is 24.1 Å². The van der Waals surface area contributed by atoms with E-state index >= 15 is 0 Å². The third kappa shape index (κ3) is 5.49. The SMILES string of the molecule is CC(C)(c1ccc(OC(F)(F)C(F)(F)CN)cc1)c1ccc(OC(F)(F)C(F)(F)CN)cc1. The molecule has 0 radical (unpaired) electrons. The third-order valence-electron chi connectivity index (χ3n) is 5.01. The Morgan fingerprint density at radius 2 is 0.848 bits per heavy atom. The van der Waals surface area contributed by atoms with Crippen LogP contribution in [-0.4, -0.2) is 37.2 Å². The van der Waals surface area contributed by atoms with Crippen molar-refractivity contribution in [2.45, 2.75) is 43.3 Å². The molecule has 0 heterocycles. The molecular weight excluding hydrogens is 464 g/mol. The van der Waals surface area contributed by atoms with Crippen LogP contribution < -0.4 is 20.9 Å². The molecule has 2 aromatic carbocycles. The number of halogens is 8. The zero-order chi connectivity index (χ0) is 25.3. The van der Waals surface area contributed by atoms with Crippen molar-refractivity contribution in [3.63, 3.8) is 0 Å². The van der Waals surface area contributed by atoms with Gasteiger partial charge in [-0.2, -0.15) is 35.1 Å². The van der Waals surface area contributed by atoms with Crippen molar-refractivity contribution >= 4 is 0 Å². The summed E-state index contributed by atoms with van der Waals surface area (Å²) >= 11 is 0. The van der Waals surface area contributed by atoms with E-state index in [4.69, 9.17) is 0 Å². The Morgan fingerprint density at radius 3 is 1.09 bits per heavy atom. The van der Waals surface area contributed by atoms with Crippen molar-refractivity contribution < 1.29 is 44.6 Å². The summed E-state index contributed by atoms with van der Waals surface area (Å²) in [5.74, 6) is -10.2. The van der Waals surface area contributed by atoms with Crippen LogP contribution in [0.2, 0.25) is 0 Å². The second-order valence-electron chi connectivity index (χ2n) is 7.73. The molecule has 4 nitrogen and oxygen atoms in total. The van der Waals surface area contributed by atoms with Gasteiger partial charge in [0, 0.05) is 5.41 Å². The van der Waals surface area contributed by atoms with Crippen LogP contribution in [0.5, 0.6) is 11.5 Å². The molecule has 184 valence electrons. The molecule has 0 amide bonds. The van der Waals surface area contributed by atoms with Gasteiger partial charge in [0.2, 0.25) is 0 Å². The van der Waals surface area contributed by atoms with Gasteiger partial charge < -0.3 is 20.9 Å². The van der Waals surface area contributed by atoms with Gasteiger partial charge in [-0.15, -0.1) is 0 Å². The van der Waals surface area contributed by atoms with Gasteiger partial charge in [0.25, 0.3) is 0 Å². The van der Waals surface area contributed by atoms with Gasteiger partial charge in [0.15, 0.2) is 0 Å². The zero-order valence-corrected chi connectivity index (χ0v) is 17.5. The van der Waals surface area contributed by atoms with E-state index in [1.807, 2.05) is 0 Å².